The Morgan fingerprint density at radius 3 is 2.52 bits per heavy atom. The molecule has 1 aliphatic heterocycles. The predicted octanol–water partition coefficient (Wildman–Crippen LogP) is 8.06. The lowest BCUT2D eigenvalue weighted by molar-refractivity contribution is -0.153. The summed E-state index contributed by atoms with van der Waals surface area (Å²) in [6, 6.07) is 10.3. The Hall–Kier alpha value is -2.56. The SMILES string of the molecule is COc1ccc2ncc(Cl)c(C(F)CCC3(C(=O)O)CCN(CCCSc4ccc(C(F)(F)F)cc4)CC3)c2c1. The maximum Gasteiger partial charge on any atom is 0.416 e. The first-order chi connectivity index (χ1) is 19.0. The van der Waals surface area contributed by atoms with Gasteiger partial charge in [0.15, 0.2) is 0 Å². The summed E-state index contributed by atoms with van der Waals surface area (Å²) in [5.41, 5.74) is -0.790. The van der Waals surface area contributed by atoms with Crippen LogP contribution in [0.5, 0.6) is 5.75 Å². The van der Waals surface area contributed by atoms with E-state index in [0.717, 1.165) is 35.7 Å². The number of alkyl halides is 4. The van der Waals surface area contributed by atoms with Gasteiger partial charge in [-0.2, -0.15) is 13.2 Å². The number of fused-ring (bicyclic) bond motifs is 1. The maximum atomic E-state index is 15.6. The number of methoxy groups -OCH3 is 1. The molecule has 5 nitrogen and oxygen atoms in total. The number of likely N-dealkylation sites (tertiary alicyclic amines) is 1. The number of halogens is 5. The summed E-state index contributed by atoms with van der Waals surface area (Å²) in [4.78, 5) is 19.6. The Labute approximate surface area is 239 Å². The maximum absolute atomic E-state index is 15.6. The van der Waals surface area contributed by atoms with Gasteiger partial charge in [-0.15, -0.1) is 11.8 Å². The molecule has 1 aliphatic rings. The van der Waals surface area contributed by atoms with Gasteiger partial charge >= 0.3 is 12.1 Å². The minimum atomic E-state index is -4.34. The van der Waals surface area contributed by atoms with Gasteiger partial charge in [0.25, 0.3) is 0 Å². The minimum absolute atomic E-state index is 0.0200. The molecule has 40 heavy (non-hydrogen) atoms. The molecule has 11 heteroatoms. The summed E-state index contributed by atoms with van der Waals surface area (Å²) in [6.45, 7) is 1.93. The van der Waals surface area contributed by atoms with Crippen molar-refractivity contribution in [2.75, 3.05) is 32.5 Å². The normalized spacial score (nSPS) is 16.6. The van der Waals surface area contributed by atoms with Crippen LogP contribution in [0, 0.1) is 5.41 Å². The molecule has 216 valence electrons. The quantitative estimate of drug-likeness (QED) is 0.137. The molecule has 1 N–H and O–H groups in total. The summed E-state index contributed by atoms with van der Waals surface area (Å²) in [5.74, 6) is 0.377. The molecule has 1 atom stereocenters. The first-order valence-electron chi connectivity index (χ1n) is 13.0. The van der Waals surface area contributed by atoms with Crippen molar-refractivity contribution in [2.24, 2.45) is 5.41 Å². The largest absolute Gasteiger partial charge is 0.497 e. The first kappa shape index (κ1) is 30.4. The van der Waals surface area contributed by atoms with E-state index in [4.69, 9.17) is 16.3 Å². The molecule has 1 aromatic heterocycles. The molecule has 4 rings (SSSR count). The molecule has 0 bridgehead atoms. The monoisotopic (exact) mass is 598 g/mol. The fourth-order valence-corrected chi connectivity index (χ4v) is 6.26. The lowest BCUT2D eigenvalue weighted by Crippen LogP contribution is -2.44. The van der Waals surface area contributed by atoms with E-state index >= 15 is 4.39 Å². The van der Waals surface area contributed by atoms with Gasteiger partial charge in [0.1, 0.15) is 11.9 Å². The van der Waals surface area contributed by atoms with Gasteiger partial charge in [0.2, 0.25) is 0 Å². The number of hydrogen-bond acceptors (Lipinski definition) is 5. The van der Waals surface area contributed by atoms with E-state index < -0.39 is 29.3 Å². The molecule has 1 fully saturated rings. The number of piperidine rings is 1. The van der Waals surface area contributed by atoms with E-state index in [0.29, 0.717) is 48.1 Å². The average Bonchev–Trinajstić information content (AvgIpc) is 2.94. The third-order valence-electron chi connectivity index (χ3n) is 7.59. The highest BCUT2D eigenvalue weighted by Gasteiger charge is 2.41. The zero-order valence-electron chi connectivity index (χ0n) is 22.0. The van der Waals surface area contributed by atoms with E-state index in [-0.39, 0.29) is 17.9 Å². The Balaban J connectivity index is 1.29. The second-order valence-electron chi connectivity index (χ2n) is 10.1. The number of carboxylic acids is 1. The summed E-state index contributed by atoms with van der Waals surface area (Å²) in [6.07, 6.45) is -2.53. The van der Waals surface area contributed by atoms with Gasteiger partial charge < -0.3 is 14.7 Å². The molecule has 1 saturated heterocycles. The van der Waals surface area contributed by atoms with Gasteiger partial charge in [-0.25, -0.2) is 4.39 Å². The number of ether oxygens (including phenoxy) is 1. The van der Waals surface area contributed by atoms with Crippen LogP contribution in [0.2, 0.25) is 5.02 Å². The highest BCUT2D eigenvalue weighted by atomic mass is 35.5. The highest BCUT2D eigenvalue weighted by Crippen LogP contribution is 2.42. The van der Waals surface area contributed by atoms with Crippen molar-refractivity contribution in [1.82, 2.24) is 9.88 Å². The van der Waals surface area contributed by atoms with Crippen LogP contribution >= 0.6 is 23.4 Å². The number of pyridine rings is 1. The molecule has 0 spiro atoms. The van der Waals surface area contributed by atoms with Crippen molar-refractivity contribution in [3.8, 4) is 5.75 Å². The number of carbonyl (C=O) groups is 1. The third-order valence-corrected chi connectivity index (χ3v) is 8.99. The van der Waals surface area contributed by atoms with Crippen molar-refractivity contribution < 1.29 is 32.2 Å². The Kier molecular flexibility index (Phi) is 9.85. The molecule has 2 heterocycles. The van der Waals surface area contributed by atoms with Gasteiger partial charge in [0, 0.05) is 22.0 Å². The number of hydrogen-bond donors (Lipinski definition) is 1. The van der Waals surface area contributed by atoms with Crippen LogP contribution < -0.4 is 4.74 Å². The molecule has 0 saturated carbocycles. The molecule has 0 amide bonds. The molecule has 0 aliphatic carbocycles. The standard InChI is InChI=1S/C29H31ClF4N2O3S/c1-39-20-5-8-25-22(17-20)26(23(30)18-35-25)24(31)9-10-28(27(37)38)11-14-36(15-12-28)13-2-16-40-21-6-3-19(4-7-21)29(32,33)34/h3-8,17-18,24H,2,9-16H2,1H3,(H,37,38). The first-order valence-corrected chi connectivity index (χ1v) is 14.4. The van der Waals surface area contributed by atoms with E-state index in [1.165, 1.54) is 37.2 Å². The summed E-state index contributed by atoms with van der Waals surface area (Å²) in [5, 5.41) is 10.8. The fraction of sp³-hybridized carbons (Fsp3) is 0.448. The van der Waals surface area contributed by atoms with Crippen LogP contribution in [0.4, 0.5) is 17.6 Å². The van der Waals surface area contributed by atoms with Crippen LogP contribution in [0.1, 0.15) is 49.4 Å². The van der Waals surface area contributed by atoms with Crippen LogP contribution in [-0.4, -0.2) is 53.5 Å². The van der Waals surface area contributed by atoms with E-state index in [1.54, 1.807) is 18.2 Å². The number of thioether (sulfide) groups is 1. The Bertz CT molecular complexity index is 1320. The smallest absolute Gasteiger partial charge is 0.416 e. The zero-order valence-corrected chi connectivity index (χ0v) is 23.6. The van der Waals surface area contributed by atoms with Crippen molar-refractivity contribution in [2.45, 2.75) is 49.3 Å². The lowest BCUT2D eigenvalue weighted by atomic mass is 9.74. The Morgan fingerprint density at radius 2 is 1.90 bits per heavy atom. The molecule has 2 aromatic carbocycles. The number of nitrogens with zero attached hydrogens (tertiary/aromatic N) is 2. The predicted molar refractivity (Wildman–Crippen MR) is 149 cm³/mol. The molecule has 1 unspecified atom stereocenters. The lowest BCUT2D eigenvalue weighted by Gasteiger charge is -2.39. The van der Waals surface area contributed by atoms with Crippen molar-refractivity contribution in [3.63, 3.8) is 0 Å². The molecule has 0 radical (unpaired) electrons. The van der Waals surface area contributed by atoms with E-state index in [1.807, 2.05) is 0 Å². The third kappa shape index (κ3) is 7.19. The number of benzene rings is 2. The van der Waals surface area contributed by atoms with Gasteiger partial charge in [-0.05, 0) is 100.0 Å². The van der Waals surface area contributed by atoms with Gasteiger partial charge in [0.05, 0.1) is 28.6 Å². The molecule has 3 aromatic rings. The second-order valence-corrected chi connectivity index (χ2v) is 11.6. The van der Waals surface area contributed by atoms with Gasteiger partial charge in [-0.1, -0.05) is 11.6 Å². The van der Waals surface area contributed by atoms with E-state index in [9.17, 15) is 23.1 Å². The number of carboxylic acid groups (broad SMARTS) is 1. The number of aromatic nitrogens is 1. The topological polar surface area (TPSA) is 62.7 Å². The summed E-state index contributed by atoms with van der Waals surface area (Å²) in [7, 11) is 1.52. The molecular formula is C29H31ClF4N2O3S. The number of aliphatic carboxylic acids is 1. The van der Waals surface area contributed by atoms with Crippen LogP contribution in [0.25, 0.3) is 10.9 Å². The van der Waals surface area contributed by atoms with Crippen LogP contribution in [0.15, 0.2) is 53.6 Å². The van der Waals surface area contributed by atoms with Crippen molar-refractivity contribution >= 4 is 40.2 Å². The summed E-state index contributed by atoms with van der Waals surface area (Å²) >= 11 is 7.84. The van der Waals surface area contributed by atoms with Crippen molar-refractivity contribution in [1.29, 1.82) is 0 Å². The van der Waals surface area contributed by atoms with Crippen LogP contribution in [0.3, 0.4) is 0 Å². The van der Waals surface area contributed by atoms with Gasteiger partial charge in [-0.3, -0.25) is 9.78 Å². The number of rotatable bonds is 11. The van der Waals surface area contributed by atoms with Crippen molar-refractivity contribution in [3.05, 3.63) is 64.8 Å². The Morgan fingerprint density at radius 1 is 1.20 bits per heavy atom. The highest BCUT2D eigenvalue weighted by molar-refractivity contribution is 7.99. The average molecular weight is 599 g/mol. The van der Waals surface area contributed by atoms with E-state index in [2.05, 4.69) is 9.88 Å². The fourth-order valence-electron chi connectivity index (χ4n) is 5.15. The molecular weight excluding hydrogens is 568 g/mol. The van der Waals surface area contributed by atoms with Crippen LogP contribution in [-0.2, 0) is 11.0 Å². The minimum Gasteiger partial charge on any atom is -0.497 e. The second kappa shape index (κ2) is 13.0. The summed E-state index contributed by atoms with van der Waals surface area (Å²) < 4.78 is 59.1. The zero-order chi connectivity index (χ0) is 28.9.